The fourth-order valence-corrected chi connectivity index (χ4v) is 4.32. The molecule has 10 heteroatoms. The van der Waals surface area contributed by atoms with Gasteiger partial charge in [-0.15, -0.1) is 0 Å². The number of benzene rings is 2. The van der Waals surface area contributed by atoms with E-state index in [1.807, 2.05) is 0 Å². The van der Waals surface area contributed by atoms with Crippen molar-refractivity contribution in [2.24, 2.45) is 0 Å². The van der Waals surface area contributed by atoms with Crippen LogP contribution in [0.25, 0.3) is 0 Å². The summed E-state index contributed by atoms with van der Waals surface area (Å²) < 4.78 is 43.2. The summed E-state index contributed by atoms with van der Waals surface area (Å²) in [6.07, 6.45) is 2.71. The van der Waals surface area contributed by atoms with E-state index in [1.165, 1.54) is 45.9 Å². The molecule has 0 saturated heterocycles. The second-order valence-electron chi connectivity index (χ2n) is 6.52. The highest BCUT2D eigenvalue weighted by Crippen LogP contribution is 2.30. The van der Waals surface area contributed by atoms with Crippen LogP contribution in [0.1, 0.15) is 0 Å². The Balaban J connectivity index is 1.91. The van der Waals surface area contributed by atoms with Crippen molar-refractivity contribution in [3.63, 3.8) is 0 Å². The van der Waals surface area contributed by atoms with Crippen molar-refractivity contribution in [3.05, 3.63) is 67.0 Å². The Morgan fingerprint density at radius 3 is 2.28 bits per heavy atom. The number of hydrogen-bond acceptors (Lipinski definition) is 7. The van der Waals surface area contributed by atoms with E-state index >= 15 is 0 Å². The first-order valence-electron chi connectivity index (χ1n) is 9.47. The summed E-state index contributed by atoms with van der Waals surface area (Å²) in [6, 6.07) is 14.2. The molecular weight excluding hydrogens is 434 g/mol. The minimum atomic E-state index is -4.06. The summed E-state index contributed by atoms with van der Waals surface area (Å²) >= 11 is 0. The number of carbonyl (C=O) groups excluding carboxylic acids is 1. The molecule has 0 atom stereocenters. The number of nitrogens with one attached hydrogen (secondary N) is 1. The third kappa shape index (κ3) is 5.09. The molecule has 0 bridgehead atoms. The summed E-state index contributed by atoms with van der Waals surface area (Å²) in [5.41, 5.74) is 0.734. The summed E-state index contributed by atoms with van der Waals surface area (Å²) in [5, 5.41) is 2.69. The zero-order valence-electron chi connectivity index (χ0n) is 17.8. The van der Waals surface area contributed by atoms with E-state index < -0.39 is 22.5 Å². The molecular formula is C22H23N3O6S. The van der Waals surface area contributed by atoms with Crippen LogP contribution in [0.4, 0.5) is 11.4 Å². The molecule has 3 rings (SSSR count). The number of anilines is 2. The summed E-state index contributed by atoms with van der Waals surface area (Å²) in [7, 11) is 0.437. The third-order valence-corrected chi connectivity index (χ3v) is 6.29. The van der Waals surface area contributed by atoms with Crippen molar-refractivity contribution in [1.82, 2.24) is 4.98 Å². The molecule has 0 aliphatic rings. The Morgan fingerprint density at radius 2 is 1.69 bits per heavy atom. The molecule has 1 N–H and O–H groups in total. The minimum absolute atomic E-state index is 0.0327. The molecule has 168 valence electrons. The largest absolute Gasteiger partial charge is 0.497 e. The van der Waals surface area contributed by atoms with Gasteiger partial charge in [-0.25, -0.2) is 8.42 Å². The average molecular weight is 458 g/mol. The summed E-state index contributed by atoms with van der Waals surface area (Å²) in [5.74, 6) is 0.951. The molecule has 1 amide bonds. The predicted octanol–water partition coefficient (Wildman–Crippen LogP) is 2.94. The van der Waals surface area contributed by atoms with Crippen molar-refractivity contribution >= 4 is 27.3 Å². The molecule has 32 heavy (non-hydrogen) atoms. The van der Waals surface area contributed by atoms with E-state index in [4.69, 9.17) is 14.2 Å². The van der Waals surface area contributed by atoms with E-state index in [0.29, 0.717) is 28.6 Å². The van der Waals surface area contributed by atoms with E-state index in [1.54, 1.807) is 42.5 Å². The van der Waals surface area contributed by atoms with Gasteiger partial charge in [0.2, 0.25) is 5.91 Å². The van der Waals surface area contributed by atoms with Gasteiger partial charge in [0.15, 0.2) is 11.5 Å². The van der Waals surface area contributed by atoms with Crippen LogP contribution in [0.3, 0.4) is 0 Å². The quantitative estimate of drug-likeness (QED) is 0.526. The lowest BCUT2D eigenvalue weighted by atomic mass is 10.2. The maximum Gasteiger partial charge on any atom is 0.266 e. The Bertz CT molecular complexity index is 1170. The van der Waals surface area contributed by atoms with E-state index in [9.17, 15) is 13.2 Å². The molecule has 3 aromatic rings. The number of rotatable bonds is 9. The summed E-state index contributed by atoms with van der Waals surface area (Å²) in [4.78, 5) is 16.7. The van der Waals surface area contributed by atoms with Crippen molar-refractivity contribution in [2.45, 2.75) is 4.90 Å². The van der Waals surface area contributed by atoms with Gasteiger partial charge in [0.25, 0.3) is 10.0 Å². The number of carbonyl (C=O) groups is 1. The number of sulfonamides is 1. The first kappa shape index (κ1) is 22.9. The molecule has 0 unspecified atom stereocenters. The zero-order chi connectivity index (χ0) is 23.1. The molecule has 2 aromatic carbocycles. The average Bonchev–Trinajstić information content (AvgIpc) is 2.83. The zero-order valence-corrected chi connectivity index (χ0v) is 18.6. The van der Waals surface area contributed by atoms with Gasteiger partial charge in [-0.05, 0) is 48.5 Å². The molecule has 0 saturated carbocycles. The first-order chi connectivity index (χ1) is 15.4. The highest BCUT2D eigenvalue weighted by Gasteiger charge is 2.27. The van der Waals surface area contributed by atoms with Crippen molar-refractivity contribution in [3.8, 4) is 17.2 Å². The maximum absolute atomic E-state index is 13.3. The lowest BCUT2D eigenvalue weighted by molar-refractivity contribution is -0.114. The molecule has 0 radical (unpaired) electrons. The number of hydrogen-bond donors (Lipinski definition) is 1. The minimum Gasteiger partial charge on any atom is -0.497 e. The van der Waals surface area contributed by atoms with Crippen LogP contribution in [0.5, 0.6) is 17.2 Å². The number of amides is 1. The van der Waals surface area contributed by atoms with Crippen molar-refractivity contribution < 1.29 is 27.4 Å². The van der Waals surface area contributed by atoms with Gasteiger partial charge in [-0.1, -0.05) is 0 Å². The Labute approximate surface area is 186 Å². The number of ether oxygens (including phenoxy) is 3. The van der Waals surface area contributed by atoms with Crippen LogP contribution in [-0.2, 0) is 14.8 Å². The van der Waals surface area contributed by atoms with Gasteiger partial charge >= 0.3 is 0 Å². The standard InChI is InChI=1S/C22H23N3O6S/c1-29-18-9-7-17(8-10-18)25(32(27,28)19-5-4-12-23-14-19)15-22(26)24-16-6-11-20(30-2)21(13-16)31-3/h4-14H,15H2,1-3H3,(H,24,26). The van der Waals surface area contributed by atoms with Gasteiger partial charge in [-0.2, -0.15) is 0 Å². The lowest BCUT2D eigenvalue weighted by Gasteiger charge is -2.24. The van der Waals surface area contributed by atoms with Crippen LogP contribution in [0.15, 0.2) is 71.9 Å². The summed E-state index contributed by atoms with van der Waals surface area (Å²) in [6.45, 7) is -0.460. The Kier molecular flexibility index (Phi) is 7.16. The van der Waals surface area contributed by atoms with E-state index in [0.717, 1.165) is 4.31 Å². The molecule has 0 aliphatic heterocycles. The first-order valence-corrected chi connectivity index (χ1v) is 10.9. The van der Waals surface area contributed by atoms with Gasteiger partial charge in [0, 0.05) is 24.1 Å². The van der Waals surface area contributed by atoms with Crippen LogP contribution < -0.4 is 23.8 Å². The van der Waals surface area contributed by atoms with Crippen LogP contribution in [0.2, 0.25) is 0 Å². The molecule has 0 spiro atoms. The molecule has 0 aliphatic carbocycles. The van der Waals surface area contributed by atoms with E-state index in [2.05, 4.69) is 10.3 Å². The topological polar surface area (TPSA) is 107 Å². The number of aromatic nitrogens is 1. The predicted molar refractivity (Wildman–Crippen MR) is 120 cm³/mol. The van der Waals surface area contributed by atoms with Crippen LogP contribution in [0, 0.1) is 0 Å². The van der Waals surface area contributed by atoms with Crippen LogP contribution in [-0.4, -0.2) is 47.2 Å². The second-order valence-corrected chi connectivity index (χ2v) is 8.38. The van der Waals surface area contributed by atoms with Crippen LogP contribution >= 0.6 is 0 Å². The van der Waals surface area contributed by atoms with Gasteiger partial charge in [-0.3, -0.25) is 14.1 Å². The monoisotopic (exact) mass is 457 g/mol. The van der Waals surface area contributed by atoms with Gasteiger partial charge < -0.3 is 19.5 Å². The highest BCUT2D eigenvalue weighted by molar-refractivity contribution is 7.92. The van der Waals surface area contributed by atoms with Crippen molar-refractivity contribution in [2.75, 3.05) is 37.5 Å². The highest BCUT2D eigenvalue weighted by atomic mass is 32.2. The SMILES string of the molecule is COc1ccc(N(CC(=O)Nc2ccc(OC)c(OC)c2)S(=O)(=O)c2cccnc2)cc1. The normalized spacial score (nSPS) is 10.8. The molecule has 1 heterocycles. The Morgan fingerprint density at radius 1 is 0.969 bits per heavy atom. The molecule has 9 nitrogen and oxygen atoms in total. The van der Waals surface area contributed by atoms with Crippen molar-refractivity contribution in [1.29, 1.82) is 0 Å². The Hall–Kier alpha value is -3.79. The fraction of sp³-hybridized carbons (Fsp3) is 0.182. The smallest absolute Gasteiger partial charge is 0.266 e. The maximum atomic E-state index is 13.3. The molecule has 1 aromatic heterocycles. The fourth-order valence-electron chi connectivity index (χ4n) is 2.94. The second kappa shape index (κ2) is 10.0. The van der Waals surface area contributed by atoms with E-state index in [-0.39, 0.29) is 4.90 Å². The number of methoxy groups -OCH3 is 3. The van der Waals surface area contributed by atoms with Gasteiger partial charge in [0.05, 0.1) is 27.0 Å². The third-order valence-electron chi connectivity index (χ3n) is 4.54. The number of nitrogens with zero attached hydrogens (tertiary/aromatic N) is 2. The molecule has 0 fully saturated rings. The number of pyridine rings is 1. The lowest BCUT2D eigenvalue weighted by Crippen LogP contribution is -2.38. The van der Waals surface area contributed by atoms with Gasteiger partial charge in [0.1, 0.15) is 17.2 Å².